The van der Waals surface area contributed by atoms with E-state index in [1.165, 1.54) is 30.3 Å². The van der Waals surface area contributed by atoms with Gasteiger partial charge in [0.2, 0.25) is 0 Å². The summed E-state index contributed by atoms with van der Waals surface area (Å²) in [5.74, 6) is -1.78. The first kappa shape index (κ1) is 22.5. The molecule has 0 saturated carbocycles. The average Bonchev–Trinajstić information content (AvgIpc) is 3.33. The van der Waals surface area contributed by atoms with Gasteiger partial charge in [-0.3, -0.25) is 9.36 Å². The minimum atomic E-state index is -0.890. The molecule has 0 bridgehead atoms. The summed E-state index contributed by atoms with van der Waals surface area (Å²) in [6, 6.07) is 10.4. The highest BCUT2D eigenvalue weighted by Crippen LogP contribution is 2.30. The van der Waals surface area contributed by atoms with E-state index >= 15 is 0 Å². The lowest BCUT2D eigenvalue weighted by atomic mass is 10.0. The summed E-state index contributed by atoms with van der Waals surface area (Å²) in [5.41, 5.74) is 1.60. The van der Waals surface area contributed by atoms with Gasteiger partial charge in [0.1, 0.15) is 29.0 Å². The van der Waals surface area contributed by atoms with Crippen molar-refractivity contribution < 1.29 is 13.2 Å². The van der Waals surface area contributed by atoms with Crippen LogP contribution in [0.15, 0.2) is 65.8 Å². The Morgan fingerprint density at radius 2 is 1.77 bits per heavy atom. The van der Waals surface area contributed by atoms with Crippen LogP contribution in [0.3, 0.4) is 0 Å². The SMILES string of the molecule is Cc1cc(F)ccc1-c1nc(CCCc2cnc[nH]2)nc2c1ccc(=O)n2-c1c(F)cccc1F. The van der Waals surface area contributed by atoms with Crippen molar-refractivity contribution in [1.29, 1.82) is 0 Å². The van der Waals surface area contributed by atoms with Crippen LogP contribution >= 0.6 is 0 Å². The number of halogens is 3. The Hall–Kier alpha value is -4.27. The fourth-order valence-corrected chi connectivity index (χ4v) is 4.15. The molecule has 0 amide bonds. The third-order valence-corrected chi connectivity index (χ3v) is 5.80. The molecule has 1 N–H and O–H groups in total. The number of pyridine rings is 1. The van der Waals surface area contributed by atoms with Crippen LogP contribution in [0.2, 0.25) is 0 Å². The van der Waals surface area contributed by atoms with E-state index in [1.807, 2.05) is 0 Å². The number of nitrogens with zero attached hydrogens (tertiary/aromatic N) is 4. The molecule has 0 aliphatic heterocycles. The van der Waals surface area contributed by atoms with E-state index in [0.29, 0.717) is 47.3 Å². The number of rotatable bonds is 6. The fourth-order valence-electron chi connectivity index (χ4n) is 4.15. The number of benzene rings is 2. The normalized spacial score (nSPS) is 11.3. The van der Waals surface area contributed by atoms with Crippen LogP contribution < -0.4 is 5.56 Å². The van der Waals surface area contributed by atoms with Crippen molar-refractivity contribution in [3.8, 4) is 16.9 Å². The predicted octanol–water partition coefficient (Wildman–Crippen LogP) is 5.07. The van der Waals surface area contributed by atoms with Gasteiger partial charge in [0, 0.05) is 35.3 Å². The molecule has 35 heavy (non-hydrogen) atoms. The Bertz CT molecular complexity index is 1580. The first-order valence-corrected chi connectivity index (χ1v) is 11.0. The second kappa shape index (κ2) is 9.17. The maximum absolute atomic E-state index is 14.7. The van der Waals surface area contributed by atoms with Crippen molar-refractivity contribution in [2.24, 2.45) is 0 Å². The van der Waals surface area contributed by atoms with Crippen molar-refractivity contribution in [2.75, 3.05) is 0 Å². The third-order valence-electron chi connectivity index (χ3n) is 5.80. The van der Waals surface area contributed by atoms with E-state index < -0.39 is 28.7 Å². The van der Waals surface area contributed by atoms with E-state index in [9.17, 15) is 18.0 Å². The van der Waals surface area contributed by atoms with Gasteiger partial charge < -0.3 is 4.98 Å². The molecule has 176 valence electrons. The third kappa shape index (κ3) is 4.32. The van der Waals surface area contributed by atoms with Gasteiger partial charge in [-0.25, -0.2) is 28.1 Å². The molecule has 9 heteroatoms. The summed E-state index contributed by atoms with van der Waals surface area (Å²) in [6.45, 7) is 1.75. The van der Waals surface area contributed by atoms with E-state index in [-0.39, 0.29) is 5.65 Å². The number of aromatic amines is 1. The average molecular weight is 475 g/mol. The maximum atomic E-state index is 14.7. The largest absolute Gasteiger partial charge is 0.348 e. The number of imidazole rings is 1. The van der Waals surface area contributed by atoms with Crippen LogP contribution in [0.4, 0.5) is 13.2 Å². The summed E-state index contributed by atoms with van der Waals surface area (Å²) >= 11 is 0. The van der Waals surface area contributed by atoms with Gasteiger partial charge in [-0.2, -0.15) is 0 Å². The van der Waals surface area contributed by atoms with Crippen molar-refractivity contribution in [3.63, 3.8) is 0 Å². The highest BCUT2D eigenvalue weighted by Gasteiger charge is 2.20. The smallest absolute Gasteiger partial charge is 0.256 e. The molecule has 0 aliphatic carbocycles. The summed E-state index contributed by atoms with van der Waals surface area (Å²) in [5, 5.41) is 0.416. The molecular weight excluding hydrogens is 455 g/mol. The minimum Gasteiger partial charge on any atom is -0.348 e. The van der Waals surface area contributed by atoms with Crippen LogP contribution in [-0.2, 0) is 12.8 Å². The van der Waals surface area contributed by atoms with Crippen LogP contribution in [0.5, 0.6) is 0 Å². The molecule has 0 aliphatic rings. The number of fused-ring (bicyclic) bond motifs is 1. The van der Waals surface area contributed by atoms with Gasteiger partial charge >= 0.3 is 0 Å². The van der Waals surface area contributed by atoms with Crippen LogP contribution in [0, 0.1) is 24.4 Å². The molecular formula is C26H20F3N5O. The lowest BCUT2D eigenvalue weighted by Crippen LogP contribution is -2.21. The molecule has 3 aromatic heterocycles. The monoisotopic (exact) mass is 475 g/mol. The lowest BCUT2D eigenvalue weighted by molar-refractivity contribution is 0.568. The van der Waals surface area contributed by atoms with Crippen LogP contribution in [0.25, 0.3) is 28.0 Å². The van der Waals surface area contributed by atoms with E-state index in [0.717, 1.165) is 22.4 Å². The van der Waals surface area contributed by atoms with Gasteiger partial charge in [-0.15, -0.1) is 0 Å². The first-order chi connectivity index (χ1) is 16.9. The van der Waals surface area contributed by atoms with Crippen molar-refractivity contribution in [3.05, 3.63) is 106 Å². The summed E-state index contributed by atoms with van der Waals surface area (Å²) in [6.07, 6.45) is 5.12. The quantitative estimate of drug-likeness (QED) is 0.372. The van der Waals surface area contributed by atoms with Gasteiger partial charge in [0.25, 0.3) is 5.56 Å². The molecule has 6 nitrogen and oxygen atoms in total. The molecule has 0 atom stereocenters. The number of para-hydroxylation sites is 1. The summed E-state index contributed by atoms with van der Waals surface area (Å²) in [4.78, 5) is 29.2. The zero-order valence-electron chi connectivity index (χ0n) is 18.7. The maximum Gasteiger partial charge on any atom is 0.256 e. The number of hydrogen-bond acceptors (Lipinski definition) is 4. The molecule has 0 saturated heterocycles. The Balaban J connectivity index is 1.74. The standard InChI is InChI=1S/C26H20F3N5O/c1-15-12-16(27)8-9-18(15)24-19-10-11-23(35)34(25-20(28)5-3-6-21(25)29)26(19)33-22(32-24)7-2-4-17-13-30-14-31-17/h3,5-6,8-14H,2,4,7H2,1H3,(H,30,31). The molecule has 0 radical (unpaired) electrons. The Morgan fingerprint density at radius 1 is 0.971 bits per heavy atom. The molecule has 0 spiro atoms. The van der Waals surface area contributed by atoms with Crippen molar-refractivity contribution >= 4 is 11.0 Å². The minimum absolute atomic E-state index is 0.0757. The zero-order chi connectivity index (χ0) is 24.5. The fraction of sp³-hybridized carbons (Fsp3) is 0.154. The van der Waals surface area contributed by atoms with Crippen LogP contribution in [0.1, 0.15) is 23.5 Å². The van der Waals surface area contributed by atoms with Gasteiger partial charge in [0.15, 0.2) is 5.65 Å². The molecule has 5 aromatic rings. The highest BCUT2D eigenvalue weighted by atomic mass is 19.1. The van der Waals surface area contributed by atoms with Crippen molar-refractivity contribution in [2.45, 2.75) is 26.2 Å². The highest BCUT2D eigenvalue weighted by molar-refractivity contribution is 5.92. The summed E-state index contributed by atoms with van der Waals surface area (Å²) in [7, 11) is 0. The molecule has 2 aromatic carbocycles. The number of nitrogens with one attached hydrogen (secondary N) is 1. The second-order valence-corrected chi connectivity index (χ2v) is 8.19. The predicted molar refractivity (Wildman–Crippen MR) is 126 cm³/mol. The summed E-state index contributed by atoms with van der Waals surface area (Å²) < 4.78 is 44.2. The molecule has 0 unspecified atom stereocenters. The van der Waals surface area contributed by atoms with E-state index in [2.05, 4.69) is 15.0 Å². The van der Waals surface area contributed by atoms with Gasteiger partial charge in [0.05, 0.1) is 12.0 Å². The molecule has 5 rings (SSSR count). The number of hydrogen-bond donors (Lipinski definition) is 1. The second-order valence-electron chi connectivity index (χ2n) is 8.19. The van der Waals surface area contributed by atoms with Gasteiger partial charge in [-0.05, 0) is 61.7 Å². The molecule has 3 heterocycles. The lowest BCUT2D eigenvalue weighted by Gasteiger charge is -2.15. The zero-order valence-corrected chi connectivity index (χ0v) is 18.7. The van der Waals surface area contributed by atoms with Gasteiger partial charge in [-0.1, -0.05) is 6.07 Å². The number of aromatic nitrogens is 5. The number of H-pyrrole nitrogens is 1. The van der Waals surface area contributed by atoms with E-state index in [1.54, 1.807) is 25.5 Å². The Labute approximate surface area is 198 Å². The van der Waals surface area contributed by atoms with Crippen molar-refractivity contribution in [1.82, 2.24) is 24.5 Å². The number of aryl methyl sites for hydroxylation is 3. The first-order valence-electron chi connectivity index (χ1n) is 11.0. The Kier molecular flexibility index (Phi) is 5.90. The van der Waals surface area contributed by atoms with Crippen LogP contribution in [-0.4, -0.2) is 24.5 Å². The Morgan fingerprint density at radius 3 is 2.49 bits per heavy atom. The van der Waals surface area contributed by atoms with E-state index in [4.69, 9.17) is 4.98 Å². The topological polar surface area (TPSA) is 76.5 Å². The molecule has 0 fully saturated rings.